The molecule has 0 aromatic heterocycles. The molecule has 3 saturated heterocycles. The molecule has 4 atom stereocenters. The largest absolute Gasteiger partial charge is 0.292 e. The Morgan fingerprint density at radius 1 is 0.931 bits per heavy atom. The van der Waals surface area contributed by atoms with Crippen molar-refractivity contribution in [2.24, 2.45) is 11.8 Å². The fourth-order valence-corrected chi connectivity index (χ4v) is 5.62. The number of imide groups is 1. The molecule has 0 aliphatic carbocycles. The lowest BCUT2D eigenvalue weighted by Gasteiger charge is -2.27. The highest BCUT2D eigenvalue weighted by molar-refractivity contribution is 6.24. The number of benzene rings is 2. The smallest absolute Gasteiger partial charge is 0.239 e. The van der Waals surface area contributed by atoms with Crippen LogP contribution in [0.4, 0.5) is 5.69 Å². The minimum atomic E-state index is -0.596. The van der Waals surface area contributed by atoms with Crippen molar-refractivity contribution in [3.8, 4) is 0 Å². The van der Waals surface area contributed by atoms with Gasteiger partial charge >= 0.3 is 0 Å². The van der Waals surface area contributed by atoms with Crippen molar-refractivity contribution >= 4 is 23.3 Å². The molecule has 2 aromatic rings. The number of Topliss-reactive ketones (excluding diaryl/α,β-unsaturated/α-hetero) is 1. The summed E-state index contributed by atoms with van der Waals surface area (Å²) in [7, 11) is 0. The number of aryl methyl sites for hydroxylation is 2. The number of hydrogen-bond acceptors (Lipinski definition) is 4. The number of amides is 2. The summed E-state index contributed by atoms with van der Waals surface area (Å²) < 4.78 is 0. The predicted molar refractivity (Wildman–Crippen MR) is 110 cm³/mol. The molecule has 29 heavy (non-hydrogen) atoms. The molecule has 0 spiro atoms. The Kier molecular flexibility index (Phi) is 4.17. The van der Waals surface area contributed by atoms with Crippen LogP contribution in [0.5, 0.6) is 0 Å². The van der Waals surface area contributed by atoms with E-state index in [1.54, 1.807) is 12.1 Å². The van der Waals surface area contributed by atoms with Crippen LogP contribution in [-0.4, -0.2) is 41.1 Å². The number of carbonyl (C=O) groups is 3. The summed E-state index contributed by atoms with van der Waals surface area (Å²) in [6.07, 6.45) is 1.82. The number of ketones is 1. The summed E-state index contributed by atoms with van der Waals surface area (Å²) in [5.74, 6) is -1.45. The average Bonchev–Trinajstić information content (AvgIpc) is 3.33. The first-order valence-corrected chi connectivity index (χ1v) is 10.3. The van der Waals surface area contributed by atoms with E-state index in [4.69, 9.17) is 0 Å². The van der Waals surface area contributed by atoms with Crippen LogP contribution in [0.15, 0.2) is 48.5 Å². The molecule has 3 fully saturated rings. The molecule has 2 amide bonds. The fraction of sp³-hybridized carbons (Fsp3) is 0.375. The minimum absolute atomic E-state index is 0.0231. The molecule has 148 valence electrons. The van der Waals surface area contributed by atoms with Crippen LogP contribution >= 0.6 is 0 Å². The Labute approximate surface area is 170 Å². The van der Waals surface area contributed by atoms with Crippen molar-refractivity contribution < 1.29 is 14.4 Å². The van der Waals surface area contributed by atoms with E-state index >= 15 is 0 Å². The summed E-state index contributed by atoms with van der Waals surface area (Å²) in [6, 6.07) is 14.3. The van der Waals surface area contributed by atoms with Crippen molar-refractivity contribution in [3.63, 3.8) is 0 Å². The van der Waals surface area contributed by atoms with Gasteiger partial charge in [-0.2, -0.15) is 0 Å². The van der Waals surface area contributed by atoms with Gasteiger partial charge in [0.25, 0.3) is 0 Å². The zero-order valence-electron chi connectivity index (χ0n) is 16.7. The second kappa shape index (κ2) is 6.63. The number of carbonyl (C=O) groups excluding carboxylic acids is 3. The molecule has 0 radical (unpaired) electrons. The first kappa shape index (κ1) is 18.3. The number of fused-ring (bicyclic) bond motifs is 3. The van der Waals surface area contributed by atoms with Gasteiger partial charge in [0.1, 0.15) is 0 Å². The summed E-state index contributed by atoms with van der Waals surface area (Å²) in [4.78, 5) is 43.8. The Morgan fingerprint density at radius 2 is 1.59 bits per heavy atom. The summed E-state index contributed by atoms with van der Waals surface area (Å²) in [5, 5.41) is 0. The zero-order valence-corrected chi connectivity index (χ0v) is 16.7. The number of rotatable bonds is 3. The van der Waals surface area contributed by atoms with E-state index in [9.17, 15) is 14.4 Å². The van der Waals surface area contributed by atoms with Crippen molar-refractivity contribution in [1.29, 1.82) is 0 Å². The molecular formula is C24H24N2O3. The third-order valence-electron chi connectivity index (χ3n) is 6.64. The highest BCUT2D eigenvalue weighted by Crippen LogP contribution is 2.48. The molecule has 5 nitrogen and oxygen atoms in total. The topological polar surface area (TPSA) is 57.7 Å². The predicted octanol–water partition coefficient (Wildman–Crippen LogP) is 3.14. The monoisotopic (exact) mass is 388 g/mol. The van der Waals surface area contributed by atoms with Crippen LogP contribution in [0.1, 0.15) is 34.3 Å². The molecule has 0 saturated carbocycles. The van der Waals surface area contributed by atoms with Gasteiger partial charge in [-0.25, -0.2) is 4.90 Å². The van der Waals surface area contributed by atoms with Crippen molar-refractivity contribution in [2.45, 2.75) is 38.8 Å². The van der Waals surface area contributed by atoms with Gasteiger partial charge in [-0.3, -0.25) is 19.3 Å². The Hall–Kier alpha value is -2.79. The first-order valence-electron chi connectivity index (χ1n) is 10.3. The van der Waals surface area contributed by atoms with Crippen molar-refractivity contribution in [2.75, 3.05) is 11.4 Å². The van der Waals surface area contributed by atoms with Crippen molar-refractivity contribution in [1.82, 2.24) is 4.90 Å². The lowest BCUT2D eigenvalue weighted by atomic mass is 9.85. The molecule has 5 rings (SSSR count). The van der Waals surface area contributed by atoms with Gasteiger partial charge in [-0.15, -0.1) is 0 Å². The van der Waals surface area contributed by atoms with Gasteiger partial charge in [0.05, 0.1) is 23.6 Å². The number of nitrogens with zero attached hydrogens (tertiary/aromatic N) is 2. The van der Waals surface area contributed by atoms with Crippen LogP contribution < -0.4 is 4.90 Å². The van der Waals surface area contributed by atoms with Gasteiger partial charge in [0, 0.05) is 11.6 Å². The standard InChI is InChI=1S/C24H24N2O3/c1-14-11-15(2)13-17(12-14)26-23(28)19-18-9-6-10-25(18)21(20(19)24(26)29)22(27)16-7-4-3-5-8-16/h3-5,7-8,11-13,18-21H,6,9-10H2,1-2H3/t18-,19+,20-,21+/m1/s1. The lowest BCUT2D eigenvalue weighted by molar-refractivity contribution is -0.123. The average molecular weight is 388 g/mol. The maximum Gasteiger partial charge on any atom is 0.239 e. The third kappa shape index (κ3) is 2.68. The van der Waals surface area contributed by atoms with E-state index in [2.05, 4.69) is 4.90 Å². The van der Waals surface area contributed by atoms with Gasteiger partial charge in [0.15, 0.2) is 5.78 Å². The molecule has 3 aliphatic heterocycles. The molecule has 3 heterocycles. The van der Waals surface area contributed by atoms with E-state index < -0.39 is 17.9 Å². The zero-order chi connectivity index (χ0) is 20.3. The summed E-state index contributed by atoms with van der Waals surface area (Å²) in [6.45, 7) is 4.69. The lowest BCUT2D eigenvalue weighted by Crippen LogP contribution is -2.46. The number of hydrogen-bond donors (Lipinski definition) is 0. The van der Waals surface area contributed by atoms with Crippen LogP contribution in [0, 0.1) is 25.7 Å². The first-order chi connectivity index (χ1) is 14.0. The van der Waals surface area contributed by atoms with E-state index in [0.29, 0.717) is 11.3 Å². The Balaban J connectivity index is 1.57. The van der Waals surface area contributed by atoms with E-state index in [-0.39, 0.29) is 23.6 Å². The summed E-state index contributed by atoms with van der Waals surface area (Å²) >= 11 is 0. The van der Waals surface area contributed by atoms with Gasteiger partial charge in [0.2, 0.25) is 11.8 Å². The fourth-order valence-electron chi connectivity index (χ4n) is 5.62. The number of anilines is 1. The molecule has 3 aliphatic rings. The normalized spacial score (nSPS) is 28.7. The molecule has 5 heteroatoms. The minimum Gasteiger partial charge on any atom is -0.292 e. The van der Waals surface area contributed by atoms with E-state index in [0.717, 1.165) is 30.5 Å². The van der Waals surface area contributed by atoms with Crippen LogP contribution in [0.2, 0.25) is 0 Å². The van der Waals surface area contributed by atoms with Crippen LogP contribution in [-0.2, 0) is 9.59 Å². The molecule has 0 bridgehead atoms. The van der Waals surface area contributed by atoms with Crippen LogP contribution in [0.3, 0.4) is 0 Å². The van der Waals surface area contributed by atoms with Gasteiger partial charge < -0.3 is 0 Å². The van der Waals surface area contributed by atoms with E-state index in [1.165, 1.54) is 4.90 Å². The Bertz CT molecular complexity index is 996. The molecule has 2 aromatic carbocycles. The van der Waals surface area contributed by atoms with Gasteiger partial charge in [-0.1, -0.05) is 36.4 Å². The quantitative estimate of drug-likeness (QED) is 0.599. The van der Waals surface area contributed by atoms with Gasteiger partial charge in [-0.05, 0) is 56.5 Å². The highest BCUT2D eigenvalue weighted by Gasteiger charge is 2.64. The second-order valence-corrected chi connectivity index (χ2v) is 8.53. The summed E-state index contributed by atoms with van der Waals surface area (Å²) in [5.41, 5.74) is 3.25. The molecule has 0 N–H and O–H groups in total. The maximum absolute atomic E-state index is 13.5. The van der Waals surface area contributed by atoms with Crippen LogP contribution in [0.25, 0.3) is 0 Å². The Morgan fingerprint density at radius 3 is 2.28 bits per heavy atom. The van der Waals surface area contributed by atoms with E-state index in [1.807, 2.05) is 50.2 Å². The molecular weight excluding hydrogens is 364 g/mol. The molecule has 0 unspecified atom stereocenters. The SMILES string of the molecule is Cc1cc(C)cc(N2C(=O)[C@@H]3[C@@H](C2=O)[C@@H](C(=O)c2ccccc2)N2CCC[C@H]32)c1. The third-order valence-corrected chi connectivity index (χ3v) is 6.64. The van der Waals surface area contributed by atoms with Crippen molar-refractivity contribution in [3.05, 3.63) is 65.2 Å². The second-order valence-electron chi connectivity index (χ2n) is 8.53. The highest BCUT2D eigenvalue weighted by atomic mass is 16.2. The maximum atomic E-state index is 13.5.